The highest BCUT2D eigenvalue weighted by molar-refractivity contribution is 5.88. The number of aromatic hydroxyl groups is 1. The van der Waals surface area contributed by atoms with Crippen molar-refractivity contribution >= 4 is 27.9 Å². The molecule has 6 rings (SSSR count). The highest BCUT2D eigenvalue weighted by Crippen LogP contribution is 2.37. The third kappa shape index (κ3) is 4.12. The first-order valence-corrected chi connectivity index (χ1v) is 13.5. The normalized spacial score (nSPS) is 23.8. The number of ether oxygens (including phenoxy) is 1. The van der Waals surface area contributed by atoms with Crippen LogP contribution in [0, 0.1) is 0 Å². The van der Waals surface area contributed by atoms with Gasteiger partial charge in [0.05, 0.1) is 11.0 Å². The van der Waals surface area contributed by atoms with Crippen molar-refractivity contribution in [2.75, 3.05) is 24.6 Å². The van der Waals surface area contributed by atoms with E-state index in [1.807, 2.05) is 10.7 Å². The Labute approximate surface area is 221 Å². The molecule has 5 heterocycles. The van der Waals surface area contributed by atoms with Crippen LogP contribution in [0.3, 0.4) is 0 Å². The zero-order chi connectivity index (χ0) is 26.6. The maximum atomic E-state index is 12.7. The van der Waals surface area contributed by atoms with Crippen molar-refractivity contribution in [1.82, 2.24) is 29.2 Å². The van der Waals surface area contributed by atoms with Crippen LogP contribution in [0.2, 0.25) is 0 Å². The predicted octanol–water partition coefficient (Wildman–Crippen LogP) is 3.74. The average Bonchev–Trinajstić information content (AvgIpc) is 3.31. The van der Waals surface area contributed by atoms with Gasteiger partial charge in [0.2, 0.25) is 0 Å². The Hall–Kier alpha value is -3.50. The fourth-order valence-corrected chi connectivity index (χ4v) is 6.12. The number of aryl methyl sites for hydroxylation is 1. The molecule has 0 radical (unpaired) electrons. The van der Waals surface area contributed by atoms with Crippen molar-refractivity contribution in [3.8, 4) is 5.75 Å². The molecule has 38 heavy (non-hydrogen) atoms. The Morgan fingerprint density at radius 3 is 2.58 bits per heavy atom. The molecular weight excluding hydrogens is 482 g/mol. The number of anilines is 1. The minimum atomic E-state index is -0.421. The summed E-state index contributed by atoms with van der Waals surface area (Å²) in [4.78, 5) is 26.6. The third-order valence-corrected chi connectivity index (χ3v) is 8.23. The number of hydrogen-bond donors (Lipinski definition) is 1. The molecule has 10 heteroatoms. The third-order valence-electron chi connectivity index (χ3n) is 8.23. The van der Waals surface area contributed by atoms with Gasteiger partial charge in [-0.3, -0.25) is 19.7 Å². The molecule has 0 aliphatic carbocycles. The molecule has 200 valence electrons. The second kappa shape index (κ2) is 9.67. The van der Waals surface area contributed by atoms with Crippen LogP contribution in [0.4, 0.5) is 5.82 Å². The van der Waals surface area contributed by atoms with Crippen LogP contribution < -0.4 is 10.5 Å². The second-order valence-corrected chi connectivity index (χ2v) is 10.7. The van der Waals surface area contributed by atoms with E-state index in [1.165, 1.54) is 16.2 Å². The molecule has 1 N–H and O–H groups in total. The van der Waals surface area contributed by atoms with Crippen molar-refractivity contribution in [3.63, 3.8) is 0 Å². The summed E-state index contributed by atoms with van der Waals surface area (Å²) in [5.41, 5.74) is 3.93. The second-order valence-electron chi connectivity index (χ2n) is 10.7. The summed E-state index contributed by atoms with van der Waals surface area (Å²) in [5.74, 6) is 0.597. The maximum Gasteiger partial charge on any atom is 0.293 e. The van der Waals surface area contributed by atoms with E-state index < -0.39 is 5.56 Å². The van der Waals surface area contributed by atoms with Crippen LogP contribution in [-0.2, 0) is 11.8 Å². The summed E-state index contributed by atoms with van der Waals surface area (Å²) in [7, 11) is 1.71. The molecule has 2 saturated heterocycles. The number of nitrogens with zero attached hydrogens (tertiary/aromatic N) is 7. The number of hydrogen-bond acceptors (Lipinski definition) is 8. The minimum Gasteiger partial charge on any atom is -0.503 e. The minimum absolute atomic E-state index is 0.153. The van der Waals surface area contributed by atoms with Crippen LogP contribution in [0.1, 0.15) is 57.9 Å². The lowest BCUT2D eigenvalue weighted by atomic mass is 10.00. The van der Waals surface area contributed by atoms with Gasteiger partial charge in [0.15, 0.2) is 17.8 Å². The van der Waals surface area contributed by atoms with Crippen LogP contribution in [0.15, 0.2) is 41.5 Å². The largest absolute Gasteiger partial charge is 0.503 e. The highest BCUT2D eigenvalue weighted by Gasteiger charge is 2.37. The van der Waals surface area contributed by atoms with Gasteiger partial charge >= 0.3 is 0 Å². The molecule has 0 saturated carbocycles. The molecule has 2 fully saturated rings. The number of aromatic nitrogens is 5. The summed E-state index contributed by atoms with van der Waals surface area (Å²) in [5, 5.41) is 15.1. The average molecular weight is 518 g/mol. The zero-order valence-electron chi connectivity index (χ0n) is 22.4. The van der Waals surface area contributed by atoms with E-state index in [-0.39, 0.29) is 30.1 Å². The summed E-state index contributed by atoms with van der Waals surface area (Å²) in [6.07, 6.45) is 6.23. The summed E-state index contributed by atoms with van der Waals surface area (Å²) >= 11 is 0. The lowest BCUT2D eigenvalue weighted by molar-refractivity contribution is -0.0386. The molecule has 4 aromatic rings. The van der Waals surface area contributed by atoms with Crippen molar-refractivity contribution in [2.45, 2.75) is 64.4 Å². The number of pyridine rings is 1. The van der Waals surface area contributed by atoms with Gasteiger partial charge in [-0.25, -0.2) is 4.68 Å². The van der Waals surface area contributed by atoms with Gasteiger partial charge in [0.1, 0.15) is 11.0 Å². The first-order chi connectivity index (χ1) is 18.3. The van der Waals surface area contributed by atoms with Gasteiger partial charge in [0.25, 0.3) is 5.56 Å². The van der Waals surface area contributed by atoms with Crippen molar-refractivity contribution in [1.29, 1.82) is 0 Å². The molecule has 0 bridgehead atoms. The zero-order valence-corrected chi connectivity index (χ0v) is 22.4. The SMILES string of the molecule is C[C@@H]1CN(c2c3c(cc(O)c(=O)n3C)nn2C2CCCCO2)[C@@H](C)CN1[C@@H](C)c1ccc2nccnc2c1. The molecule has 3 aromatic heterocycles. The van der Waals surface area contributed by atoms with Gasteiger partial charge < -0.3 is 19.3 Å². The van der Waals surface area contributed by atoms with Crippen LogP contribution >= 0.6 is 0 Å². The lowest BCUT2D eigenvalue weighted by Gasteiger charge is -2.48. The topological polar surface area (TPSA) is 102 Å². The Bertz CT molecular complexity index is 1540. The smallest absolute Gasteiger partial charge is 0.293 e. The first-order valence-electron chi connectivity index (χ1n) is 13.5. The summed E-state index contributed by atoms with van der Waals surface area (Å²) in [6, 6.07) is 8.40. The van der Waals surface area contributed by atoms with Crippen LogP contribution in [0.25, 0.3) is 22.1 Å². The van der Waals surface area contributed by atoms with Crippen LogP contribution in [-0.4, -0.2) is 66.1 Å². The van der Waals surface area contributed by atoms with Crippen molar-refractivity contribution in [2.24, 2.45) is 7.05 Å². The lowest BCUT2D eigenvalue weighted by Crippen LogP contribution is -2.57. The Kier molecular flexibility index (Phi) is 6.31. The van der Waals surface area contributed by atoms with E-state index in [9.17, 15) is 9.90 Å². The molecule has 10 nitrogen and oxygen atoms in total. The fourth-order valence-electron chi connectivity index (χ4n) is 6.12. The van der Waals surface area contributed by atoms with E-state index in [1.54, 1.807) is 19.4 Å². The number of benzene rings is 1. The van der Waals surface area contributed by atoms with E-state index in [0.29, 0.717) is 12.1 Å². The molecule has 2 aliphatic heterocycles. The monoisotopic (exact) mass is 517 g/mol. The molecule has 0 spiro atoms. The number of fused-ring (bicyclic) bond motifs is 2. The first kappa shape index (κ1) is 24.8. The van der Waals surface area contributed by atoms with Gasteiger partial charge in [-0.2, -0.15) is 5.10 Å². The molecule has 1 unspecified atom stereocenters. The predicted molar refractivity (Wildman–Crippen MR) is 146 cm³/mol. The fraction of sp³-hybridized carbons (Fsp3) is 0.500. The maximum absolute atomic E-state index is 12.7. The van der Waals surface area contributed by atoms with Gasteiger partial charge in [-0.05, 0) is 57.7 Å². The van der Waals surface area contributed by atoms with Crippen molar-refractivity contribution in [3.05, 3.63) is 52.6 Å². The van der Waals surface area contributed by atoms with E-state index in [0.717, 1.165) is 54.7 Å². The van der Waals surface area contributed by atoms with E-state index in [2.05, 4.69) is 52.7 Å². The number of piperazine rings is 1. The van der Waals surface area contributed by atoms with Gasteiger partial charge in [0, 0.05) is 63.3 Å². The van der Waals surface area contributed by atoms with Gasteiger partial charge in [-0.1, -0.05) is 6.07 Å². The van der Waals surface area contributed by atoms with Crippen molar-refractivity contribution < 1.29 is 9.84 Å². The Morgan fingerprint density at radius 1 is 1.03 bits per heavy atom. The molecule has 1 aromatic carbocycles. The summed E-state index contributed by atoms with van der Waals surface area (Å²) < 4.78 is 9.62. The van der Waals surface area contributed by atoms with E-state index in [4.69, 9.17) is 9.84 Å². The molecule has 2 aliphatic rings. The Balaban J connectivity index is 1.36. The van der Waals surface area contributed by atoms with Gasteiger partial charge in [-0.15, -0.1) is 0 Å². The quantitative estimate of drug-likeness (QED) is 0.437. The number of rotatable bonds is 4. The summed E-state index contributed by atoms with van der Waals surface area (Å²) in [6.45, 7) is 9.02. The Morgan fingerprint density at radius 2 is 1.82 bits per heavy atom. The standard InChI is InChI=1S/C28H35N7O3/c1-17-16-34(18(2)15-33(17)19(3)20-8-9-21-22(13-20)30-11-10-29-21)27-26-23(14-24(36)28(37)32(26)4)31-35(27)25-7-5-6-12-38-25/h8-11,13-14,17-19,25,36H,5-7,12,15-16H2,1-4H3/t17-,18+,19+,25?/m1/s1. The molecule has 4 atom stereocenters. The van der Waals surface area contributed by atoms with Crippen LogP contribution in [0.5, 0.6) is 5.75 Å². The molecular formula is C28H35N7O3. The molecule has 0 amide bonds. The van der Waals surface area contributed by atoms with E-state index >= 15 is 0 Å². The highest BCUT2D eigenvalue weighted by atomic mass is 16.5.